The van der Waals surface area contributed by atoms with Crippen molar-refractivity contribution >= 4 is 42.5 Å². The second-order valence-electron chi connectivity index (χ2n) is 8.13. The Morgan fingerprint density at radius 1 is 1.21 bits per heavy atom. The molecular formula is C23H22ClF3N4O2S. The summed E-state index contributed by atoms with van der Waals surface area (Å²) in [6, 6.07) is 4.66. The quantitative estimate of drug-likeness (QED) is 0.445. The highest BCUT2D eigenvalue weighted by Gasteiger charge is 2.36. The molecule has 3 aromatic rings. The van der Waals surface area contributed by atoms with Gasteiger partial charge in [-0.1, -0.05) is 11.6 Å². The number of aromatic nitrogens is 3. The summed E-state index contributed by atoms with van der Waals surface area (Å²) in [6.45, 7) is 5.61. The molecule has 4 rings (SSSR count). The van der Waals surface area contributed by atoms with Gasteiger partial charge < -0.3 is 4.90 Å². The number of nitrogens with zero attached hydrogens (tertiary/aromatic N) is 4. The number of fused-ring (bicyclic) bond motifs is 1. The Morgan fingerprint density at radius 2 is 1.91 bits per heavy atom. The number of anilines is 1. The number of rotatable bonds is 4. The summed E-state index contributed by atoms with van der Waals surface area (Å²) in [5.74, 6) is -0.629. The SMILES string of the molecule is Cc1cc(C(=O)Cc2cnn3c2C(=O)N(c2ccc(C(F)(F)F)c(Cl)c2)C[C@@H]3C)c(C)cn1.S. The molecule has 1 aromatic carbocycles. The summed E-state index contributed by atoms with van der Waals surface area (Å²) in [4.78, 5) is 31.9. The maximum absolute atomic E-state index is 13.4. The minimum absolute atomic E-state index is 0. The maximum Gasteiger partial charge on any atom is 0.417 e. The smallest absolute Gasteiger partial charge is 0.305 e. The van der Waals surface area contributed by atoms with Crippen molar-refractivity contribution in [1.82, 2.24) is 14.8 Å². The summed E-state index contributed by atoms with van der Waals surface area (Å²) in [6.07, 6.45) is -1.52. The molecule has 2 aromatic heterocycles. The number of aryl methyl sites for hydroxylation is 2. The molecule has 0 saturated carbocycles. The average Bonchev–Trinajstić information content (AvgIpc) is 3.15. The number of hydrogen-bond donors (Lipinski definition) is 0. The Kier molecular flexibility index (Phi) is 7.14. The van der Waals surface area contributed by atoms with Gasteiger partial charge in [0.25, 0.3) is 5.91 Å². The van der Waals surface area contributed by atoms with E-state index in [1.165, 1.54) is 17.2 Å². The van der Waals surface area contributed by atoms with Gasteiger partial charge in [-0.25, -0.2) is 0 Å². The molecule has 0 radical (unpaired) electrons. The topological polar surface area (TPSA) is 68.1 Å². The van der Waals surface area contributed by atoms with Crippen LogP contribution in [-0.2, 0) is 12.6 Å². The van der Waals surface area contributed by atoms with Crippen molar-refractivity contribution in [3.8, 4) is 0 Å². The van der Waals surface area contributed by atoms with Gasteiger partial charge >= 0.3 is 6.18 Å². The number of benzene rings is 1. The Hall–Kier alpha value is -2.85. The second-order valence-corrected chi connectivity index (χ2v) is 8.54. The number of halogens is 4. The van der Waals surface area contributed by atoms with Crippen LogP contribution >= 0.6 is 25.1 Å². The highest BCUT2D eigenvalue weighted by atomic mass is 35.5. The van der Waals surface area contributed by atoms with Gasteiger partial charge in [0.15, 0.2) is 5.78 Å². The van der Waals surface area contributed by atoms with Crippen LogP contribution in [0.3, 0.4) is 0 Å². The second kappa shape index (κ2) is 9.42. The Balaban J connectivity index is 0.00000324. The number of amides is 1. The standard InChI is InChI=1S/C23H20ClF3N4O2.H2S/c1-12-9-28-13(2)6-17(12)20(32)7-15-10-29-31-14(3)11-30(22(33)21(15)31)16-4-5-18(19(24)8-16)23(25,26)27;/h4-6,8-10,14H,7,11H2,1-3H3;1H2/t14-;/m0./s1. The lowest BCUT2D eigenvalue weighted by molar-refractivity contribution is -0.137. The largest absolute Gasteiger partial charge is 0.417 e. The molecule has 0 bridgehead atoms. The van der Waals surface area contributed by atoms with Gasteiger partial charge in [-0.05, 0) is 50.6 Å². The Bertz CT molecular complexity index is 1280. The molecule has 34 heavy (non-hydrogen) atoms. The van der Waals surface area contributed by atoms with E-state index in [0.29, 0.717) is 16.8 Å². The van der Waals surface area contributed by atoms with Gasteiger partial charge in [0.05, 0.1) is 22.8 Å². The lowest BCUT2D eigenvalue weighted by Crippen LogP contribution is -2.43. The number of carbonyl (C=O) groups is 2. The fourth-order valence-corrected chi connectivity index (χ4v) is 4.25. The van der Waals surface area contributed by atoms with Gasteiger partial charge in [-0.15, -0.1) is 0 Å². The lowest BCUT2D eigenvalue weighted by Gasteiger charge is -2.32. The van der Waals surface area contributed by atoms with Gasteiger partial charge in [0.1, 0.15) is 5.69 Å². The molecule has 11 heteroatoms. The predicted octanol–water partition coefficient (Wildman–Crippen LogP) is 5.33. The van der Waals surface area contributed by atoms with E-state index >= 15 is 0 Å². The summed E-state index contributed by atoms with van der Waals surface area (Å²) in [5, 5.41) is 3.81. The highest BCUT2D eigenvalue weighted by molar-refractivity contribution is 7.59. The highest BCUT2D eigenvalue weighted by Crippen LogP contribution is 2.38. The first-order chi connectivity index (χ1) is 15.5. The molecule has 0 spiro atoms. The Labute approximate surface area is 206 Å². The summed E-state index contributed by atoms with van der Waals surface area (Å²) in [7, 11) is 0. The molecule has 6 nitrogen and oxygen atoms in total. The van der Waals surface area contributed by atoms with E-state index in [9.17, 15) is 22.8 Å². The van der Waals surface area contributed by atoms with Crippen LogP contribution in [0.1, 0.15) is 56.2 Å². The molecule has 0 fully saturated rings. The van der Waals surface area contributed by atoms with Crippen LogP contribution in [0.5, 0.6) is 0 Å². The maximum atomic E-state index is 13.4. The van der Waals surface area contributed by atoms with Crippen molar-refractivity contribution in [3.05, 3.63) is 75.3 Å². The number of Topliss-reactive ketones (excluding diaryl/α,β-unsaturated/α-hetero) is 1. The fraction of sp³-hybridized carbons (Fsp3) is 0.304. The molecule has 3 heterocycles. The van der Waals surface area contributed by atoms with Gasteiger partial charge in [-0.2, -0.15) is 31.8 Å². The first-order valence-corrected chi connectivity index (χ1v) is 10.6. The third-order valence-corrected chi connectivity index (χ3v) is 5.96. The van der Waals surface area contributed by atoms with Crippen LogP contribution in [0.2, 0.25) is 5.02 Å². The number of hydrogen-bond acceptors (Lipinski definition) is 4. The van der Waals surface area contributed by atoms with Crippen molar-refractivity contribution in [1.29, 1.82) is 0 Å². The van der Waals surface area contributed by atoms with Crippen LogP contribution in [0.4, 0.5) is 18.9 Å². The van der Waals surface area contributed by atoms with E-state index in [2.05, 4.69) is 10.1 Å². The fourth-order valence-electron chi connectivity index (χ4n) is 3.97. The molecule has 0 aliphatic carbocycles. The van der Waals surface area contributed by atoms with Crippen molar-refractivity contribution in [2.75, 3.05) is 11.4 Å². The monoisotopic (exact) mass is 510 g/mol. The van der Waals surface area contributed by atoms with Crippen LogP contribution in [0.25, 0.3) is 0 Å². The van der Waals surface area contributed by atoms with Crippen LogP contribution in [0, 0.1) is 13.8 Å². The van der Waals surface area contributed by atoms with E-state index < -0.39 is 22.7 Å². The number of carbonyl (C=O) groups excluding carboxylic acids is 2. The minimum atomic E-state index is -4.59. The molecule has 0 N–H and O–H groups in total. The molecular weight excluding hydrogens is 489 g/mol. The first kappa shape index (κ1) is 25.8. The minimum Gasteiger partial charge on any atom is -0.305 e. The summed E-state index contributed by atoms with van der Waals surface area (Å²) < 4.78 is 40.8. The van der Waals surface area contributed by atoms with Crippen molar-refractivity contribution in [3.63, 3.8) is 0 Å². The molecule has 1 aliphatic rings. The van der Waals surface area contributed by atoms with E-state index in [1.807, 2.05) is 6.92 Å². The molecule has 1 aliphatic heterocycles. The molecule has 1 atom stereocenters. The van der Waals surface area contributed by atoms with Crippen molar-refractivity contribution in [2.24, 2.45) is 0 Å². The third kappa shape index (κ3) is 4.69. The average molecular weight is 511 g/mol. The number of pyridine rings is 1. The zero-order valence-electron chi connectivity index (χ0n) is 18.6. The summed E-state index contributed by atoms with van der Waals surface area (Å²) >= 11 is 5.87. The van der Waals surface area contributed by atoms with E-state index in [-0.39, 0.29) is 49.7 Å². The molecule has 1 amide bonds. The molecule has 180 valence electrons. The van der Waals surface area contributed by atoms with Gasteiger partial charge in [0.2, 0.25) is 0 Å². The normalized spacial score (nSPS) is 15.7. The van der Waals surface area contributed by atoms with Crippen LogP contribution in [-0.4, -0.2) is 33.0 Å². The zero-order valence-corrected chi connectivity index (χ0v) is 20.3. The Morgan fingerprint density at radius 3 is 2.56 bits per heavy atom. The summed E-state index contributed by atoms with van der Waals surface area (Å²) in [5.41, 5.74) is 1.92. The van der Waals surface area contributed by atoms with Crippen LogP contribution in [0.15, 0.2) is 36.7 Å². The number of ketones is 1. The number of alkyl halides is 3. The lowest BCUT2D eigenvalue weighted by atomic mass is 9.99. The first-order valence-electron chi connectivity index (χ1n) is 10.2. The van der Waals surface area contributed by atoms with Crippen LogP contribution < -0.4 is 4.90 Å². The van der Waals surface area contributed by atoms with E-state index in [4.69, 9.17) is 11.6 Å². The zero-order chi connectivity index (χ0) is 24.1. The molecule has 0 unspecified atom stereocenters. The van der Waals surface area contributed by atoms with Crippen molar-refractivity contribution < 1.29 is 22.8 Å². The van der Waals surface area contributed by atoms with E-state index in [0.717, 1.165) is 17.7 Å². The third-order valence-electron chi connectivity index (χ3n) is 5.64. The van der Waals surface area contributed by atoms with Crippen molar-refractivity contribution in [2.45, 2.75) is 39.4 Å². The van der Waals surface area contributed by atoms with Gasteiger partial charge in [-0.3, -0.25) is 19.3 Å². The van der Waals surface area contributed by atoms with E-state index in [1.54, 1.807) is 30.8 Å². The molecule has 0 saturated heterocycles. The predicted molar refractivity (Wildman–Crippen MR) is 127 cm³/mol. The van der Waals surface area contributed by atoms with Gasteiger partial charge in [0, 0.05) is 41.7 Å².